The molecule has 0 N–H and O–H groups in total. The van der Waals surface area contributed by atoms with E-state index in [1.807, 2.05) is 0 Å². The molecule has 3 rings (SSSR count). The fraction of sp³-hybridized carbons (Fsp3) is 0.667. The Kier molecular flexibility index (Phi) is 1.83. The van der Waals surface area contributed by atoms with Crippen molar-refractivity contribution >= 4 is 29.5 Å². The van der Waals surface area contributed by atoms with Crippen LogP contribution in [-0.2, 0) is 14.4 Å². The molecule has 15 heavy (non-hydrogen) atoms. The normalized spacial score (nSPS) is 34.8. The minimum absolute atomic E-state index is 0.0459. The number of amides is 3. The molecule has 0 aromatic heterocycles. The monoisotopic (exact) mass is 226 g/mol. The lowest BCUT2D eigenvalue weighted by Crippen LogP contribution is -2.62. The third kappa shape index (κ3) is 1.08. The van der Waals surface area contributed by atoms with Crippen molar-refractivity contribution in [3.8, 4) is 0 Å². The van der Waals surface area contributed by atoms with Gasteiger partial charge in [0.05, 0.1) is 5.88 Å². The van der Waals surface area contributed by atoms with Gasteiger partial charge in [-0.25, -0.2) is 0 Å². The van der Waals surface area contributed by atoms with Gasteiger partial charge < -0.3 is 4.90 Å². The smallest absolute Gasteiger partial charge is 0.253 e. The average Bonchev–Trinajstić information content (AvgIpc) is 2.80. The zero-order valence-corrected chi connectivity index (χ0v) is 8.83. The van der Waals surface area contributed by atoms with Crippen LogP contribution < -0.4 is 0 Å². The molecule has 0 spiro atoms. The quantitative estimate of drug-likeness (QED) is 0.518. The van der Waals surface area contributed by atoms with Crippen LogP contribution in [0, 0.1) is 0 Å². The van der Waals surface area contributed by atoms with Gasteiger partial charge in [-0.05, 0) is 6.42 Å². The first-order valence-corrected chi connectivity index (χ1v) is 6.10. The molecule has 3 fully saturated rings. The van der Waals surface area contributed by atoms with Crippen molar-refractivity contribution in [2.24, 2.45) is 0 Å². The Bertz CT molecular complexity index is 370. The molecule has 5 nitrogen and oxygen atoms in total. The molecule has 0 bridgehead atoms. The number of nitrogens with zero attached hydrogens (tertiary/aromatic N) is 2. The topological polar surface area (TPSA) is 57.7 Å². The Balaban J connectivity index is 2.00. The minimum Gasteiger partial charge on any atom is -0.319 e. The van der Waals surface area contributed by atoms with Gasteiger partial charge in [0.1, 0.15) is 12.1 Å². The number of fused-ring (bicyclic) bond motifs is 2. The summed E-state index contributed by atoms with van der Waals surface area (Å²) < 4.78 is 0. The molecule has 3 amide bonds. The molecule has 0 unspecified atom stereocenters. The molecule has 0 radical (unpaired) electrons. The first-order chi connectivity index (χ1) is 7.20. The fourth-order valence-corrected chi connectivity index (χ4v) is 3.57. The van der Waals surface area contributed by atoms with E-state index in [1.165, 1.54) is 4.90 Å². The Hall–Kier alpha value is -1.04. The first kappa shape index (κ1) is 9.21. The van der Waals surface area contributed by atoms with Crippen molar-refractivity contribution < 1.29 is 14.4 Å². The maximum absolute atomic E-state index is 11.9. The molecule has 0 aromatic rings. The van der Waals surface area contributed by atoms with Gasteiger partial charge in [0.25, 0.3) is 5.91 Å². The number of carbonyl (C=O) groups excluding carboxylic acids is 3. The first-order valence-electron chi connectivity index (χ1n) is 4.94. The van der Waals surface area contributed by atoms with Crippen LogP contribution in [0.3, 0.4) is 0 Å². The molecule has 0 aliphatic carbocycles. The summed E-state index contributed by atoms with van der Waals surface area (Å²) in [4.78, 5) is 38.2. The highest BCUT2D eigenvalue weighted by molar-refractivity contribution is 7.99. The van der Waals surface area contributed by atoms with Gasteiger partial charge in [0, 0.05) is 12.2 Å². The molecule has 80 valence electrons. The van der Waals surface area contributed by atoms with Crippen LogP contribution in [0.2, 0.25) is 0 Å². The van der Waals surface area contributed by atoms with Crippen LogP contribution >= 0.6 is 11.8 Å². The Morgan fingerprint density at radius 1 is 1.13 bits per heavy atom. The predicted octanol–water partition coefficient (Wildman–Crippen LogP) is -0.581. The summed E-state index contributed by atoms with van der Waals surface area (Å²) in [5.41, 5.74) is 0. The fourth-order valence-electron chi connectivity index (χ4n) is 2.41. The lowest BCUT2D eigenvalue weighted by atomic mass is 10.1. The number of hydrogen-bond donors (Lipinski definition) is 0. The van der Waals surface area contributed by atoms with E-state index in [1.54, 1.807) is 16.7 Å². The zero-order valence-electron chi connectivity index (χ0n) is 8.01. The van der Waals surface area contributed by atoms with Gasteiger partial charge in [0.2, 0.25) is 11.8 Å². The summed E-state index contributed by atoms with van der Waals surface area (Å²) >= 11 is 1.57. The highest BCUT2D eigenvalue weighted by atomic mass is 32.2. The molecular weight excluding hydrogens is 216 g/mol. The lowest BCUT2D eigenvalue weighted by molar-refractivity contribution is -0.161. The van der Waals surface area contributed by atoms with Crippen LogP contribution in [0.1, 0.15) is 12.8 Å². The number of imide groups is 1. The van der Waals surface area contributed by atoms with Crippen LogP contribution in [0.25, 0.3) is 0 Å². The van der Waals surface area contributed by atoms with Gasteiger partial charge in [-0.15, -0.1) is 11.8 Å². The second kappa shape index (κ2) is 2.98. The summed E-state index contributed by atoms with van der Waals surface area (Å²) in [5, 5.41) is 0. The number of carbonyl (C=O) groups is 3. The van der Waals surface area contributed by atoms with Crippen LogP contribution in [0.15, 0.2) is 0 Å². The number of rotatable bonds is 0. The molecule has 3 heterocycles. The van der Waals surface area contributed by atoms with E-state index in [2.05, 4.69) is 0 Å². The lowest BCUT2D eigenvalue weighted by Gasteiger charge is -2.36. The zero-order chi connectivity index (χ0) is 10.6. The summed E-state index contributed by atoms with van der Waals surface area (Å²) in [6, 6.07) is -0.888. The van der Waals surface area contributed by atoms with Crippen LogP contribution in [-0.4, -0.2) is 51.2 Å². The second-order valence-electron chi connectivity index (χ2n) is 3.98. The number of hydrogen-bond acceptors (Lipinski definition) is 4. The molecular formula is C9H10N2O3S. The molecule has 2 atom stereocenters. The standard InChI is InChI=1S/C9H10N2O3S/c12-7-2-1-5-8(13)10-4-15-3-6(10)9(14)11(5)7/h5-6H,1-4H2/t5-,6-/m1/s1. The van der Waals surface area contributed by atoms with E-state index in [4.69, 9.17) is 0 Å². The SMILES string of the molecule is O=C1[C@H]2CCC(=O)N2C(=O)[C@H]2CSCN12. The molecule has 3 aliphatic heterocycles. The average molecular weight is 226 g/mol. The van der Waals surface area contributed by atoms with E-state index in [9.17, 15) is 14.4 Å². The van der Waals surface area contributed by atoms with Crippen molar-refractivity contribution in [1.82, 2.24) is 9.80 Å². The Labute approximate surface area is 90.8 Å². The highest BCUT2D eigenvalue weighted by Crippen LogP contribution is 2.33. The summed E-state index contributed by atoms with van der Waals surface area (Å²) in [6.07, 6.45) is 0.827. The van der Waals surface area contributed by atoms with E-state index in [0.29, 0.717) is 24.5 Å². The second-order valence-corrected chi connectivity index (χ2v) is 4.98. The van der Waals surface area contributed by atoms with Gasteiger partial charge in [-0.3, -0.25) is 19.3 Å². The van der Waals surface area contributed by atoms with Crippen molar-refractivity contribution in [3.05, 3.63) is 0 Å². The van der Waals surface area contributed by atoms with E-state index < -0.39 is 6.04 Å². The third-order valence-corrected chi connectivity index (χ3v) is 4.20. The van der Waals surface area contributed by atoms with E-state index >= 15 is 0 Å². The molecule has 0 saturated carbocycles. The van der Waals surface area contributed by atoms with Gasteiger partial charge in [0.15, 0.2) is 0 Å². The van der Waals surface area contributed by atoms with Gasteiger partial charge in [-0.1, -0.05) is 0 Å². The number of piperazine rings is 1. The van der Waals surface area contributed by atoms with Crippen LogP contribution in [0.5, 0.6) is 0 Å². The Morgan fingerprint density at radius 2 is 1.93 bits per heavy atom. The predicted molar refractivity (Wildman–Crippen MR) is 52.8 cm³/mol. The number of thioether (sulfide) groups is 1. The van der Waals surface area contributed by atoms with Gasteiger partial charge >= 0.3 is 0 Å². The van der Waals surface area contributed by atoms with Crippen molar-refractivity contribution in [1.29, 1.82) is 0 Å². The van der Waals surface area contributed by atoms with Gasteiger partial charge in [-0.2, -0.15) is 0 Å². The maximum Gasteiger partial charge on any atom is 0.253 e. The molecule has 3 aliphatic rings. The summed E-state index contributed by atoms with van der Waals surface area (Å²) in [5.74, 6) is 0.812. The van der Waals surface area contributed by atoms with Crippen molar-refractivity contribution in [2.45, 2.75) is 24.9 Å². The summed E-state index contributed by atoms with van der Waals surface area (Å²) in [7, 11) is 0. The van der Waals surface area contributed by atoms with Crippen molar-refractivity contribution in [2.75, 3.05) is 11.6 Å². The van der Waals surface area contributed by atoms with E-state index in [-0.39, 0.29) is 23.8 Å². The highest BCUT2D eigenvalue weighted by Gasteiger charge is 2.52. The minimum atomic E-state index is -0.500. The van der Waals surface area contributed by atoms with E-state index in [0.717, 1.165) is 0 Å². The largest absolute Gasteiger partial charge is 0.319 e. The van der Waals surface area contributed by atoms with Crippen LogP contribution in [0.4, 0.5) is 0 Å². The Morgan fingerprint density at radius 3 is 2.73 bits per heavy atom. The summed E-state index contributed by atoms with van der Waals surface area (Å²) in [6.45, 7) is 0. The third-order valence-electron chi connectivity index (χ3n) is 3.18. The maximum atomic E-state index is 11.9. The molecule has 6 heteroatoms. The molecule has 0 aromatic carbocycles. The molecule has 3 saturated heterocycles. The van der Waals surface area contributed by atoms with Crippen molar-refractivity contribution in [3.63, 3.8) is 0 Å².